The van der Waals surface area contributed by atoms with Gasteiger partial charge in [0.25, 0.3) is 0 Å². The van der Waals surface area contributed by atoms with E-state index in [-0.39, 0.29) is 24.3 Å². The van der Waals surface area contributed by atoms with Crippen molar-refractivity contribution in [1.29, 1.82) is 0 Å². The first-order valence-electron chi connectivity index (χ1n) is 12.1. The van der Waals surface area contributed by atoms with Gasteiger partial charge in [-0.3, -0.25) is 14.5 Å². The summed E-state index contributed by atoms with van der Waals surface area (Å²) in [6.07, 6.45) is -1.38. The Labute approximate surface area is 211 Å². The van der Waals surface area contributed by atoms with E-state index in [1.807, 2.05) is 75.4 Å². The van der Waals surface area contributed by atoms with E-state index in [1.54, 1.807) is 24.3 Å². The third-order valence-electron chi connectivity index (χ3n) is 6.14. The monoisotopic (exact) mass is 485 g/mol. The van der Waals surface area contributed by atoms with Crippen LogP contribution >= 0.6 is 0 Å². The minimum Gasteiger partial charge on any atom is -0.438 e. The maximum Gasteiger partial charge on any atom is 0.411 e. The molecule has 2 unspecified atom stereocenters. The quantitative estimate of drug-likeness (QED) is 0.472. The molecular formula is C29H31N3O4. The molecule has 4 rings (SSSR count). The number of aryl methyl sites for hydroxylation is 1. The molecule has 3 aromatic rings. The molecule has 2 atom stereocenters. The number of hydrogen-bond donors (Lipinski definition) is 2. The highest BCUT2D eigenvalue weighted by atomic mass is 16.6. The van der Waals surface area contributed by atoms with Gasteiger partial charge in [-0.25, -0.2) is 4.79 Å². The average molecular weight is 486 g/mol. The second kappa shape index (κ2) is 11.1. The second-order valence-corrected chi connectivity index (χ2v) is 9.34. The summed E-state index contributed by atoms with van der Waals surface area (Å²) in [4.78, 5) is 40.2. The highest BCUT2D eigenvalue weighted by Crippen LogP contribution is 2.35. The molecule has 7 nitrogen and oxygen atoms in total. The molecule has 0 saturated carbocycles. The molecule has 1 aliphatic rings. The number of anilines is 1. The maximum atomic E-state index is 13.5. The number of rotatable bonds is 8. The Kier molecular flexibility index (Phi) is 7.68. The lowest BCUT2D eigenvalue weighted by molar-refractivity contribution is -0.126. The third-order valence-corrected chi connectivity index (χ3v) is 6.14. The van der Waals surface area contributed by atoms with Gasteiger partial charge in [-0.1, -0.05) is 86.1 Å². The molecule has 1 aliphatic heterocycles. The molecule has 0 spiro atoms. The molecule has 36 heavy (non-hydrogen) atoms. The molecule has 0 radical (unpaired) electrons. The number of ether oxygens (including phenoxy) is 1. The number of amides is 3. The van der Waals surface area contributed by atoms with Crippen LogP contribution in [-0.2, 0) is 27.4 Å². The standard InChI is InChI=1S/C29H31N3O4/c1-19(2)27(33)31-24-11-7-10-23(16-24)26-25(28(34)30-17-21-8-5-4-6-9-21)32(29(35)36-26)18-22-14-12-20(3)13-15-22/h4-16,19,25-26H,17-18H2,1-3H3,(H,30,34)(H,31,33). The summed E-state index contributed by atoms with van der Waals surface area (Å²) >= 11 is 0. The Morgan fingerprint density at radius 3 is 2.36 bits per heavy atom. The molecule has 0 aromatic heterocycles. The predicted molar refractivity (Wildman–Crippen MR) is 138 cm³/mol. The van der Waals surface area contributed by atoms with Gasteiger partial charge in [0, 0.05) is 18.2 Å². The first-order valence-corrected chi connectivity index (χ1v) is 12.1. The van der Waals surface area contributed by atoms with E-state index in [0.29, 0.717) is 17.8 Å². The van der Waals surface area contributed by atoms with Crippen molar-refractivity contribution in [3.63, 3.8) is 0 Å². The molecule has 3 amide bonds. The molecule has 2 N–H and O–H groups in total. The van der Waals surface area contributed by atoms with Crippen molar-refractivity contribution in [2.45, 2.75) is 46.0 Å². The first-order chi connectivity index (χ1) is 17.3. The zero-order valence-electron chi connectivity index (χ0n) is 20.7. The highest BCUT2D eigenvalue weighted by Gasteiger charge is 2.47. The maximum absolute atomic E-state index is 13.5. The van der Waals surface area contributed by atoms with E-state index in [2.05, 4.69) is 10.6 Å². The van der Waals surface area contributed by atoms with Crippen LogP contribution in [0.5, 0.6) is 0 Å². The molecule has 7 heteroatoms. The number of hydrogen-bond acceptors (Lipinski definition) is 4. The summed E-state index contributed by atoms with van der Waals surface area (Å²) < 4.78 is 5.76. The van der Waals surface area contributed by atoms with Crippen molar-refractivity contribution >= 4 is 23.6 Å². The van der Waals surface area contributed by atoms with Gasteiger partial charge in [0.1, 0.15) is 0 Å². The summed E-state index contributed by atoms with van der Waals surface area (Å²) in [5, 5.41) is 5.84. The summed E-state index contributed by atoms with van der Waals surface area (Å²) in [6.45, 7) is 6.19. The minimum absolute atomic E-state index is 0.117. The molecule has 1 saturated heterocycles. The van der Waals surface area contributed by atoms with E-state index in [0.717, 1.165) is 16.7 Å². The summed E-state index contributed by atoms with van der Waals surface area (Å²) in [6, 6.07) is 23.7. The molecule has 1 heterocycles. The van der Waals surface area contributed by atoms with E-state index >= 15 is 0 Å². The van der Waals surface area contributed by atoms with Crippen molar-refractivity contribution < 1.29 is 19.1 Å². The van der Waals surface area contributed by atoms with Crippen LogP contribution in [0.1, 0.15) is 42.2 Å². The van der Waals surface area contributed by atoms with Gasteiger partial charge >= 0.3 is 6.09 Å². The number of nitrogens with zero attached hydrogens (tertiary/aromatic N) is 1. The third kappa shape index (κ3) is 5.92. The van der Waals surface area contributed by atoms with Gasteiger partial charge < -0.3 is 15.4 Å². The predicted octanol–water partition coefficient (Wildman–Crippen LogP) is 4.97. The zero-order chi connectivity index (χ0) is 25.7. The molecule has 3 aromatic carbocycles. The Bertz CT molecular complexity index is 1220. The van der Waals surface area contributed by atoms with Crippen molar-refractivity contribution in [2.75, 3.05) is 5.32 Å². The normalized spacial score (nSPS) is 17.1. The first kappa shape index (κ1) is 25.0. The van der Waals surface area contributed by atoms with Crippen LogP contribution in [0, 0.1) is 12.8 Å². The van der Waals surface area contributed by atoms with E-state index in [9.17, 15) is 14.4 Å². The number of carbonyl (C=O) groups is 3. The summed E-state index contributed by atoms with van der Waals surface area (Å²) in [5.41, 5.74) is 4.19. The number of carbonyl (C=O) groups excluding carboxylic acids is 3. The molecule has 186 valence electrons. The van der Waals surface area contributed by atoms with Crippen LogP contribution in [0.4, 0.5) is 10.5 Å². The Morgan fingerprint density at radius 2 is 1.67 bits per heavy atom. The van der Waals surface area contributed by atoms with Gasteiger partial charge in [-0.05, 0) is 35.7 Å². The van der Waals surface area contributed by atoms with Crippen LogP contribution < -0.4 is 10.6 Å². The minimum atomic E-state index is -0.876. The largest absolute Gasteiger partial charge is 0.438 e. The van der Waals surface area contributed by atoms with Crippen molar-refractivity contribution in [2.24, 2.45) is 5.92 Å². The van der Waals surface area contributed by atoms with Gasteiger partial charge in [0.2, 0.25) is 11.8 Å². The number of nitrogens with one attached hydrogen (secondary N) is 2. The molecule has 1 fully saturated rings. The van der Waals surface area contributed by atoms with E-state index in [1.165, 1.54) is 4.90 Å². The SMILES string of the molecule is Cc1ccc(CN2C(=O)OC(c3cccc(NC(=O)C(C)C)c3)C2C(=O)NCc2ccccc2)cc1. The molecular weight excluding hydrogens is 454 g/mol. The van der Waals surface area contributed by atoms with Crippen LogP contribution in [0.3, 0.4) is 0 Å². The van der Waals surface area contributed by atoms with Crippen LogP contribution in [-0.4, -0.2) is 28.8 Å². The average Bonchev–Trinajstić information content (AvgIpc) is 3.20. The Balaban J connectivity index is 1.61. The van der Waals surface area contributed by atoms with Crippen LogP contribution in [0.15, 0.2) is 78.9 Å². The second-order valence-electron chi connectivity index (χ2n) is 9.34. The van der Waals surface area contributed by atoms with Crippen molar-refractivity contribution in [1.82, 2.24) is 10.2 Å². The summed E-state index contributed by atoms with van der Waals surface area (Å²) in [7, 11) is 0. The number of benzene rings is 3. The lowest BCUT2D eigenvalue weighted by Gasteiger charge is -2.24. The van der Waals surface area contributed by atoms with Crippen LogP contribution in [0.25, 0.3) is 0 Å². The lowest BCUT2D eigenvalue weighted by Crippen LogP contribution is -2.46. The fourth-order valence-corrected chi connectivity index (χ4v) is 4.07. The van der Waals surface area contributed by atoms with Crippen LogP contribution in [0.2, 0.25) is 0 Å². The fraction of sp³-hybridized carbons (Fsp3) is 0.276. The number of cyclic esters (lactones) is 1. The lowest BCUT2D eigenvalue weighted by atomic mass is 9.99. The van der Waals surface area contributed by atoms with E-state index < -0.39 is 18.2 Å². The van der Waals surface area contributed by atoms with E-state index in [4.69, 9.17) is 4.74 Å². The van der Waals surface area contributed by atoms with Crippen molar-refractivity contribution in [3.8, 4) is 0 Å². The van der Waals surface area contributed by atoms with Gasteiger partial charge in [-0.2, -0.15) is 0 Å². The fourth-order valence-electron chi connectivity index (χ4n) is 4.07. The Morgan fingerprint density at radius 1 is 0.944 bits per heavy atom. The summed E-state index contributed by atoms with van der Waals surface area (Å²) in [5.74, 6) is -0.605. The van der Waals surface area contributed by atoms with Gasteiger partial charge in [-0.15, -0.1) is 0 Å². The molecule has 0 aliphatic carbocycles. The molecule has 0 bridgehead atoms. The van der Waals surface area contributed by atoms with Gasteiger partial charge in [0.15, 0.2) is 12.1 Å². The Hall–Kier alpha value is -4.13. The van der Waals surface area contributed by atoms with Gasteiger partial charge in [0.05, 0.1) is 6.54 Å². The smallest absolute Gasteiger partial charge is 0.411 e. The zero-order valence-corrected chi connectivity index (χ0v) is 20.7. The van der Waals surface area contributed by atoms with Crippen molar-refractivity contribution in [3.05, 3.63) is 101 Å². The highest BCUT2D eigenvalue weighted by molar-refractivity contribution is 5.92. The topological polar surface area (TPSA) is 87.7 Å².